The number of phenolic OH excluding ortho intramolecular Hbond substituents is 2. The molecule has 2 aromatic rings. The normalized spacial score (nSPS) is 10.8. The van der Waals surface area contributed by atoms with E-state index >= 15 is 0 Å². The lowest BCUT2D eigenvalue weighted by Gasteiger charge is -2.18. The van der Waals surface area contributed by atoms with Gasteiger partial charge >= 0.3 is 0 Å². The van der Waals surface area contributed by atoms with Gasteiger partial charge in [-0.2, -0.15) is 0 Å². The Kier molecular flexibility index (Phi) is 4.42. The molecule has 99 valence electrons. The van der Waals surface area contributed by atoms with Crippen LogP contribution >= 0.6 is 0 Å². The fraction of sp³-hybridized carbons (Fsp3) is 0.188. The Morgan fingerprint density at radius 3 is 1.63 bits per heavy atom. The van der Waals surface area contributed by atoms with Gasteiger partial charge in [0.2, 0.25) is 0 Å². The molecule has 0 spiro atoms. The highest BCUT2D eigenvalue weighted by Crippen LogP contribution is 2.30. The summed E-state index contributed by atoms with van der Waals surface area (Å²) >= 11 is 0. The molecule has 0 fully saturated rings. The van der Waals surface area contributed by atoms with Crippen molar-refractivity contribution in [1.29, 1.82) is 0 Å². The van der Waals surface area contributed by atoms with Crippen LogP contribution in [0.3, 0.4) is 0 Å². The number of phenols is 2. The van der Waals surface area contributed by atoms with Crippen LogP contribution in [0.15, 0.2) is 48.5 Å². The highest BCUT2D eigenvalue weighted by molar-refractivity contribution is 5.37. The van der Waals surface area contributed by atoms with E-state index < -0.39 is 0 Å². The van der Waals surface area contributed by atoms with Gasteiger partial charge in [0.05, 0.1) is 0 Å². The van der Waals surface area contributed by atoms with Gasteiger partial charge in [0.15, 0.2) is 0 Å². The second-order valence-electron chi connectivity index (χ2n) is 4.50. The first-order chi connectivity index (χ1) is 9.20. The molecule has 0 saturated carbocycles. The van der Waals surface area contributed by atoms with Gasteiger partial charge in [-0.3, -0.25) is 0 Å². The topological polar surface area (TPSA) is 66.5 Å². The molecule has 0 heterocycles. The third-order valence-corrected chi connectivity index (χ3v) is 3.16. The zero-order valence-electron chi connectivity index (χ0n) is 10.7. The van der Waals surface area contributed by atoms with Gasteiger partial charge < -0.3 is 15.9 Å². The van der Waals surface area contributed by atoms with Crippen LogP contribution in [0.1, 0.15) is 23.5 Å². The van der Waals surface area contributed by atoms with Gasteiger partial charge in [0.1, 0.15) is 11.5 Å². The average Bonchev–Trinajstić information content (AvgIpc) is 2.43. The van der Waals surface area contributed by atoms with Gasteiger partial charge in [-0.15, -0.1) is 0 Å². The van der Waals surface area contributed by atoms with E-state index in [-0.39, 0.29) is 17.4 Å². The van der Waals surface area contributed by atoms with E-state index in [1.165, 1.54) is 0 Å². The monoisotopic (exact) mass is 256 g/mol. The van der Waals surface area contributed by atoms with Crippen LogP contribution in [-0.4, -0.2) is 16.8 Å². The van der Waals surface area contributed by atoms with Crippen molar-refractivity contribution in [1.82, 2.24) is 0 Å². The number of hydrogen-bond acceptors (Lipinski definition) is 3. The van der Waals surface area contributed by atoms with Gasteiger partial charge in [0, 0.05) is 5.92 Å². The minimum absolute atomic E-state index is 0.185. The van der Waals surface area contributed by atoms with Crippen molar-refractivity contribution in [3.63, 3.8) is 0 Å². The molecule has 0 aliphatic carbocycles. The minimum atomic E-state index is 0.185. The van der Waals surface area contributed by atoms with E-state index in [9.17, 15) is 10.2 Å². The molecule has 3 nitrogen and oxygen atoms in total. The summed E-state index contributed by atoms with van der Waals surface area (Å²) in [6.07, 6.45) is 2.86. The van der Waals surface area contributed by atoms with Crippen molar-refractivity contribution >= 4 is 0 Å². The summed E-state index contributed by atoms with van der Waals surface area (Å²) in [5.41, 5.74) is 7.78. The third kappa shape index (κ3) is 3.48. The Bertz CT molecular complexity index is 460. The smallest absolute Gasteiger partial charge is 0.115 e. The Labute approximate surface area is 113 Å². The number of rotatable bonds is 5. The van der Waals surface area contributed by atoms with E-state index in [0.29, 0.717) is 6.54 Å². The maximum atomic E-state index is 9.36. The Hall–Kier alpha value is -2.00. The van der Waals surface area contributed by atoms with Gasteiger partial charge in [0.25, 0.3) is 0 Å². The quantitative estimate of drug-likeness (QED) is 0.770. The van der Waals surface area contributed by atoms with E-state index in [1.807, 2.05) is 30.7 Å². The molecule has 0 amide bonds. The molecule has 3 heteroatoms. The molecular weight excluding hydrogens is 238 g/mol. The van der Waals surface area contributed by atoms with Crippen LogP contribution in [0, 0.1) is 6.42 Å². The Balaban J connectivity index is 2.29. The SMILES string of the molecule is NC[CH]CC(c1ccc(O)cc1)c1ccc(O)cc1. The molecule has 0 unspecified atom stereocenters. The zero-order chi connectivity index (χ0) is 13.7. The largest absolute Gasteiger partial charge is 0.508 e. The number of aromatic hydroxyl groups is 2. The lowest BCUT2D eigenvalue weighted by atomic mass is 9.87. The molecule has 2 rings (SSSR count). The minimum Gasteiger partial charge on any atom is -0.508 e. The standard InChI is InChI=1S/C16H18NO2/c17-11-1-2-16(12-3-7-14(18)8-4-12)13-5-9-15(19)10-6-13/h1,3-10,16,18-19H,2,11,17H2. The molecule has 0 bridgehead atoms. The van der Waals surface area contributed by atoms with Crippen molar-refractivity contribution < 1.29 is 10.2 Å². The maximum absolute atomic E-state index is 9.36. The Morgan fingerprint density at radius 1 is 0.842 bits per heavy atom. The molecule has 2 aromatic carbocycles. The van der Waals surface area contributed by atoms with Gasteiger partial charge in [-0.05, 0) is 54.8 Å². The van der Waals surface area contributed by atoms with Gasteiger partial charge in [-0.25, -0.2) is 0 Å². The van der Waals surface area contributed by atoms with E-state index in [4.69, 9.17) is 5.73 Å². The molecule has 0 aromatic heterocycles. The highest BCUT2D eigenvalue weighted by atomic mass is 16.3. The molecule has 4 N–H and O–H groups in total. The second kappa shape index (κ2) is 6.25. The zero-order valence-corrected chi connectivity index (χ0v) is 10.7. The first-order valence-electron chi connectivity index (χ1n) is 6.30. The van der Waals surface area contributed by atoms with Crippen molar-refractivity contribution in [2.24, 2.45) is 5.73 Å². The maximum Gasteiger partial charge on any atom is 0.115 e. The first kappa shape index (κ1) is 13.4. The average molecular weight is 256 g/mol. The van der Waals surface area contributed by atoms with Crippen LogP contribution < -0.4 is 5.73 Å². The number of hydrogen-bond donors (Lipinski definition) is 3. The van der Waals surface area contributed by atoms with Gasteiger partial charge in [-0.1, -0.05) is 24.3 Å². The lowest BCUT2D eigenvalue weighted by molar-refractivity contribution is 0.475. The molecule has 0 aliphatic heterocycles. The summed E-state index contributed by atoms with van der Waals surface area (Å²) in [4.78, 5) is 0. The van der Waals surface area contributed by atoms with Crippen LogP contribution in [0.5, 0.6) is 11.5 Å². The molecule has 1 radical (unpaired) electrons. The van der Waals surface area contributed by atoms with Crippen LogP contribution in [-0.2, 0) is 0 Å². The highest BCUT2D eigenvalue weighted by Gasteiger charge is 2.13. The van der Waals surface area contributed by atoms with Crippen molar-refractivity contribution in [2.75, 3.05) is 6.54 Å². The lowest BCUT2D eigenvalue weighted by Crippen LogP contribution is -2.06. The predicted molar refractivity (Wildman–Crippen MR) is 76.0 cm³/mol. The summed E-state index contributed by atoms with van der Waals surface area (Å²) in [5, 5.41) is 18.7. The molecule has 19 heavy (non-hydrogen) atoms. The molecular formula is C16H18NO2. The fourth-order valence-electron chi connectivity index (χ4n) is 2.14. The van der Waals surface area contributed by atoms with Crippen LogP contribution in [0.4, 0.5) is 0 Å². The Morgan fingerprint density at radius 2 is 1.26 bits per heavy atom. The summed E-state index contributed by atoms with van der Waals surface area (Å²) < 4.78 is 0. The first-order valence-corrected chi connectivity index (χ1v) is 6.30. The molecule has 0 aliphatic rings. The van der Waals surface area contributed by atoms with Crippen LogP contribution in [0.25, 0.3) is 0 Å². The van der Waals surface area contributed by atoms with Crippen molar-refractivity contribution in [3.8, 4) is 11.5 Å². The third-order valence-electron chi connectivity index (χ3n) is 3.16. The summed E-state index contributed by atoms with van der Waals surface area (Å²) in [6, 6.07) is 14.4. The second-order valence-corrected chi connectivity index (χ2v) is 4.50. The number of benzene rings is 2. The predicted octanol–water partition coefficient (Wildman–Crippen LogP) is 2.78. The van der Waals surface area contributed by atoms with E-state index in [1.54, 1.807) is 24.3 Å². The summed E-state index contributed by atoms with van der Waals surface area (Å²) in [7, 11) is 0. The summed E-state index contributed by atoms with van der Waals surface area (Å²) in [6.45, 7) is 0.534. The molecule has 0 saturated heterocycles. The van der Waals surface area contributed by atoms with Crippen molar-refractivity contribution in [2.45, 2.75) is 12.3 Å². The van der Waals surface area contributed by atoms with Crippen LogP contribution in [0.2, 0.25) is 0 Å². The van der Waals surface area contributed by atoms with E-state index in [0.717, 1.165) is 17.5 Å². The van der Waals surface area contributed by atoms with Crippen molar-refractivity contribution in [3.05, 3.63) is 66.1 Å². The van der Waals surface area contributed by atoms with E-state index in [2.05, 4.69) is 0 Å². The fourth-order valence-corrected chi connectivity index (χ4v) is 2.14. The summed E-state index contributed by atoms with van der Waals surface area (Å²) in [5.74, 6) is 0.705. The number of nitrogens with two attached hydrogens (primary N) is 1. The molecule has 0 atom stereocenters.